The third-order valence-electron chi connectivity index (χ3n) is 4.13. The lowest BCUT2D eigenvalue weighted by atomic mass is 9.92. The van der Waals surface area contributed by atoms with E-state index < -0.39 is 11.0 Å². The Bertz CT molecular complexity index is 502. The van der Waals surface area contributed by atoms with Crippen LogP contribution in [-0.2, 0) is 10.2 Å². The molecule has 1 fully saturated rings. The Morgan fingerprint density at radius 3 is 2.43 bits per heavy atom. The number of carbonyl (C=O) groups excluding carboxylic acids is 1. The molecule has 4 N–H and O–H groups in total. The summed E-state index contributed by atoms with van der Waals surface area (Å²) in [5.74, 6) is 0.403. The summed E-state index contributed by atoms with van der Waals surface area (Å²) >= 11 is 0. The fourth-order valence-corrected chi connectivity index (χ4v) is 2.97. The molecule has 1 saturated carbocycles. The molecular formula is C17H26N2O2. The van der Waals surface area contributed by atoms with Gasteiger partial charge in [-0.1, -0.05) is 26.0 Å². The largest absolute Gasteiger partial charge is 0.399 e. The van der Waals surface area contributed by atoms with E-state index >= 15 is 0 Å². The van der Waals surface area contributed by atoms with Crippen molar-refractivity contribution < 1.29 is 9.90 Å². The zero-order valence-electron chi connectivity index (χ0n) is 13.1. The number of anilines is 1. The summed E-state index contributed by atoms with van der Waals surface area (Å²) in [5.41, 5.74) is 6.14. The van der Waals surface area contributed by atoms with Crippen LogP contribution in [0.3, 0.4) is 0 Å². The van der Waals surface area contributed by atoms with Crippen LogP contribution in [0.4, 0.5) is 5.69 Å². The van der Waals surface area contributed by atoms with Gasteiger partial charge in [0.2, 0.25) is 5.91 Å². The van der Waals surface area contributed by atoms with Crippen LogP contribution in [0, 0.1) is 5.92 Å². The molecule has 1 aliphatic carbocycles. The van der Waals surface area contributed by atoms with Crippen molar-refractivity contribution >= 4 is 11.6 Å². The first-order valence-corrected chi connectivity index (χ1v) is 7.62. The van der Waals surface area contributed by atoms with Gasteiger partial charge in [0.05, 0.1) is 11.0 Å². The average Bonchev–Trinajstić information content (AvgIpc) is 3.17. The normalized spacial score (nSPS) is 19.1. The molecule has 2 rings (SSSR count). The second kappa shape index (κ2) is 5.68. The number of hydrogen-bond donors (Lipinski definition) is 3. The summed E-state index contributed by atoms with van der Waals surface area (Å²) in [7, 11) is 0. The lowest BCUT2D eigenvalue weighted by Crippen LogP contribution is -2.45. The Balaban J connectivity index is 1.99. The molecule has 0 radical (unpaired) electrons. The predicted octanol–water partition coefficient (Wildman–Crippen LogP) is 2.21. The molecule has 0 saturated heterocycles. The van der Waals surface area contributed by atoms with Gasteiger partial charge in [-0.3, -0.25) is 4.79 Å². The minimum absolute atomic E-state index is 0.0105. The Kier molecular flexibility index (Phi) is 4.28. The Labute approximate surface area is 126 Å². The van der Waals surface area contributed by atoms with Gasteiger partial charge in [-0.25, -0.2) is 0 Å². The van der Waals surface area contributed by atoms with Gasteiger partial charge in [-0.05, 0) is 49.8 Å². The van der Waals surface area contributed by atoms with Crippen molar-refractivity contribution in [1.82, 2.24) is 5.32 Å². The van der Waals surface area contributed by atoms with Crippen molar-refractivity contribution in [3.63, 3.8) is 0 Å². The van der Waals surface area contributed by atoms with Gasteiger partial charge < -0.3 is 16.2 Å². The summed E-state index contributed by atoms with van der Waals surface area (Å²) in [6.45, 7) is 6.19. The Hall–Kier alpha value is -1.55. The topological polar surface area (TPSA) is 75.3 Å². The maximum Gasteiger partial charge on any atom is 0.230 e. The quantitative estimate of drug-likeness (QED) is 0.703. The second-order valence-corrected chi connectivity index (χ2v) is 6.98. The number of rotatable bonds is 6. The minimum Gasteiger partial charge on any atom is -0.399 e. The van der Waals surface area contributed by atoms with Crippen LogP contribution >= 0.6 is 0 Å². The highest BCUT2D eigenvalue weighted by atomic mass is 16.3. The standard InChI is InChI=1S/C17H26N2O2/c1-12(2)10-16(3,21)11-19-15(20)17(8-9-17)13-4-6-14(18)7-5-13/h4-7,12,21H,8-11,18H2,1-3H3,(H,19,20). The van der Waals surface area contributed by atoms with E-state index in [-0.39, 0.29) is 5.91 Å². The number of nitrogens with one attached hydrogen (secondary N) is 1. The van der Waals surface area contributed by atoms with Gasteiger partial charge in [0.15, 0.2) is 0 Å². The molecule has 1 aromatic rings. The van der Waals surface area contributed by atoms with Crippen LogP contribution < -0.4 is 11.1 Å². The fraction of sp³-hybridized carbons (Fsp3) is 0.588. The zero-order valence-corrected chi connectivity index (χ0v) is 13.1. The maximum absolute atomic E-state index is 12.5. The number of nitrogens with two attached hydrogens (primary N) is 1. The lowest BCUT2D eigenvalue weighted by molar-refractivity contribution is -0.124. The van der Waals surface area contributed by atoms with Crippen molar-refractivity contribution in [2.75, 3.05) is 12.3 Å². The van der Waals surface area contributed by atoms with E-state index in [1.807, 2.05) is 24.3 Å². The molecule has 1 aliphatic rings. The summed E-state index contributed by atoms with van der Waals surface area (Å²) in [6.07, 6.45) is 2.38. The van der Waals surface area contributed by atoms with Gasteiger partial charge >= 0.3 is 0 Å². The summed E-state index contributed by atoms with van der Waals surface area (Å²) < 4.78 is 0. The number of hydrogen-bond acceptors (Lipinski definition) is 3. The molecule has 0 heterocycles. The second-order valence-electron chi connectivity index (χ2n) is 6.98. The van der Waals surface area contributed by atoms with E-state index in [9.17, 15) is 9.90 Å². The van der Waals surface area contributed by atoms with Gasteiger partial charge in [0.25, 0.3) is 0 Å². The van der Waals surface area contributed by atoms with Crippen LogP contribution in [0.1, 0.15) is 45.6 Å². The molecule has 0 aromatic heterocycles. The van der Waals surface area contributed by atoms with Crippen molar-refractivity contribution in [3.8, 4) is 0 Å². The van der Waals surface area contributed by atoms with E-state index in [1.54, 1.807) is 6.92 Å². The Morgan fingerprint density at radius 1 is 1.38 bits per heavy atom. The molecule has 4 heteroatoms. The van der Waals surface area contributed by atoms with Crippen LogP contribution in [0.5, 0.6) is 0 Å². The highest BCUT2D eigenvalue weighted by molar-refractivity contribution is 5.91. The molecule has 1 atom stereocenters. The molecule has 1 aromatic carbocycles. The molecule has 0 spiro atoms. The van der Waals surface area contributed by atoms with Crippen molar-refractivity contribution in [2.24, 2.45) is 5.92 Å². The first kappa shape index (κ1) is 15.8. The van der Waals surface area contributed by atoms with Crippen LogP contribution in [0.25, 0.3) is 0 Å². The van der Waals surface area contributed by atoms with E-state index in [1.165, 1.54) is 0 Å². The zero-order chi connectivity index (χ0) is 15.7. The highest BCUT2D eigenvalue weighted by Crippen LogP contribution is 2.48. The van der Waals surface area contributed by atoms with E-state index in [4.69, 9.17) is 5.73 Å². The van der Waals surface area contributed by atoms with Gasteiger partial charge in [-0.2, -0.15) is 0 Å². The fourth-order valence-electron chi connectivity index (χ4n) is 2.97. The number of aliphatic hydroxyl groups is 1. The smallest absolute Gasteiger partial charge is 0.230 e. The SMILES string of the molecule is CC(C)CC(C)(O)CNC(=O)C1(c2ccc(N)cc2)CC1. The van der Waals surface area contributed by atoms with Crippen LogP contribution in [0.15, 0.2) is 24.3 Å². The van der Waals surface area contributed by atoms with Crippen LogP contribution in [0.2, 0.25) is 0 Å². The van der Waals surface area contributed by atoms with Crippen molar-refractivity contribution in [2.45, 2.75) is 51.0 Å². The monoisotopic (exact) mass is 290 g/mol. The number of benzene rings is 1. The van der Waals surface area contributed by atoms with Crippen molar-refractivity contribution in [3.05, 3.63) is 29.8 Å². The molecule has 0 aliphatic heterocycles. The van der Waals surface area contributed by atoms with E-state index in [2.05, 4.69) is 19.2 Å². The first-order chi connectivity index (χ1) is 9.75. The van der Waals surface area contributed by atoms with Gasteiger partial charge in [-0.15, -0.1) is 0 Å². The molecular weight excluding hydrogens is 264 g/mol. The highest BCUT2D eigenvalue weighted by Gasteiger charge is 2.51. The molecule has 4 nitrogen and oxygen atoms in total. The molecule has 1 unspecified atom stereocenters. The number of nitrogen functional groups attached to an aromatic ring is 1. The third kappa shape index (κ3) is 3.76. The minimum atomic E-state index is -0.860. The first-order valence-electron chi connectivity index (χ1n) is 7.62. The summed E-state index contributed by atoms with van der Waals surface area (Å²) in [5, 5.41) is 13.2. The van der Waals surface area contributed by atoms with Gasteiger partial charge in [0, 0.05) is 12.2 Å². The Morgan fingerprint density at radius 2 is 1.95 bits per heavy atom. The summed E-state index contributed by atoms with van der Waals surface area (Å²) in [6, 6.07) is 7.51. The third-order valence-corrected chi connectivity index (χ3v) is 4.13. The number of amides is 1. The molecule has 0 bridgehead atoms. The van der Waals surface area contributed by atoms with Crippen LogP contribution in [-0.4, -0.2) is 23.2 Å². The average molecular weight is 290 g/mol. The lowest BCUT2D eigenvalue weighted by Gasteiger charge is -2.27. The molecule has 21 heavy (non-hydrogen) atoms. The number of carbonyl (C=O) groups is 1. The van der Waals surface area contributed by atoms with E-state index in [0.717, 1.165) is 18.4 Å². The predicted molar refractivity (Wildman–Crippen MR) is 84.9 cm³/mol. The summed E-state index contributed by atoms with van der Waals surface area (Å²) in [4.78, 5) is 12.5. The van der Waals surface area contributed by atoms with Gasteiger partial charge in [0.1, 0.15) is 0 Å². The molecule has 116 valence electrons. The maximum atomic E-state index is 12.5. The van der Waals surface area contributed by atoms with E-state index in [0.29, 0.717) is 24.6 Å². The molecule has 1 amide bonds. The van der Waals surface area contributed by atoms with Crippen molar-refractivity contribution in [1.29, 1.82) is 0 Å².